The van der Waals surface area contributed by atoms with E-state index in [-0.39, 0.29) is 36.1 Å². The van der Waals surface area contributed by atoms with Crippen molar-refractivity contribution in [2.75, 3.05) is 13.6 Å². The third kappa shape index (κ3) is 6.30. The van der Waals surface area contributed by atoms with Gasteiger partial charge in [0.05, 0.1) is 11.9 Å². The van der Waals surface area contributed by atoms with Gasteiger partial charge in [-0.25, -0.2) is 0 Å². The molecule has 1 N–H and O–H groups in total. The van der Waals surface area contributed by atoms with Crippen LogP contribution in [-0.4, -0.2) is 64.2 Å². The third-order valence-corrected chi connectivity index (χ3v) is 8.34. The lowest BCUT2D eigenvalue weighted by molar-refractivity contribution is -0.148. The normalized spacial score (nSPS) is 18.4. The van der Waals surface area contributed by atoms with Gasteiger partial charge in [0.25, 0.3) is 0 Å². The Bertz CT molecular complexity index is 1600. The highest BCUT2D eigenvalue weighted by Gasteiger charge is 2.42. The van der Waals surface area contributed by atoms with Crippen LogP contribution in [0.15, 0.2) is 79.0 Å². The van der Waals surface area contributed by atoms with E-state index in [1.54, 1.807) is 23.0 Å². The average molecular weight is 565 g/mol. The monoisotopic (exact) mass is 564 g/mol. The number of hydrogen-bond donors (Lipinski definition) is 1. The summed E-state index contributed by atoms with van der Waals surface area (Å²) >= 11 is 0. The highest BCUT2D eigenvalue weighted by molar-refractivity contribution is 5.93. The van der Waals surface area contributed by atoms with E-state index in [0.29, 0.717) is 25.8 Å². The second kappa shape index (κ2) is 12.7. The standard InChI is InChI=1S/C35H40N4O3/c1-23(2)18-32-35(42)38(31(34(41)36-4)21-25-11-13-27-8-5-6-9-28(27)19-25)17-15-24(3)39(32)33(40)22-26-12-14-30-29(20-26)10-7-16-37-30/h5-14,16,19-20,23-24,31-32H,15,17-18,21-22H2,1-4H3,(H,36,41)/t24-,31?,32+/m1/s1. The molecular weight excluding hydrogens is 524 g/mol. The number of rotatable bonds is 8. The Balaban J connectivity index is 1.44. The first-order valence-corrected chi connectivity index (χ1v) is 14.9. The molecule has 1 saturated heterocycles. The molecule has 3 aromatic carbocycles. The first-order valence-electron chi connectivity index (χ1n) is 14.9. The maximum Gasteiger partial charge on any atom is 0.246 e. The SMILES string of the molecule is CNC(=O)C(Cc1ccc2ccccc2c1)N1CC[C@@H](C)N(C(=O)Cc2ccc3ncccc3c2)[C@@H](CC(C)C)C1=O. The van der Waals surface area contributed by atoms with Crippen LogP contribution in [0.4, 0.5) is 0 Å². The number of likely N-dealkylation sites (N-methyl/N-ethyl adjacent to an activating group) is 1. The topological polar surface area (TPSA) is 82.6 Å². The number of hydrogen-bond acceptors (Lipinski definition) is 4. The summed E-state index contributed by atoms with van der Waals surface area (Å²) in [6.07, 6.45) is 3.49. The van der Waals surface area contributed by atoms with Gasteiger partial charge in [-0.05, 0) is 65.8 Å². The van der Waals surface area contributed by atoms with Crippen LogP contribution in [0.1, 0.15) is 44.7 Å². The summed E-state index contributed by atoms with van der Waals surface area (Å²) in [5.41, 5.74) is 2.77. The van der Waals surface area contributed by atoms with Gasteiger partial charge in [0, 0.05) is 37.6 Å². The fraction of sp³-hybridized carbons (Fsp3) is 0.371. The minimum atomic E-state index is -0.673. The van der Waals surface area contributed by atoms with Gasteiger partial charge in [-0.2, -0.15) is 0 Å². The summed E-state index contributed by atoms with van der Waals surface area (Å²) in [6, 6.07) is 22.6. The van der Waals surface area contributed by atoms with Crippen LogP contribution in [0.5, 0.6) is 0 Å². The summed E-state index contributed by atoms with van der Waals surface area (Å²) in [5.74, 6) is -0.236. The highest BCUT2D eigenvalue weighted by atomic mass is 16.2. The lowest BCUT2D eigenvalue weighted by Crippen LogP contribution is -2.56. The Hall–Kier alpha value is -4.26. The van der Waals surface area contributed by atoms with Crippen LogP contribution in [0.2, 0.25) is 0 Å². The second-order valence-electron chi connectivity index (χ2n) is 11.8. The molecule has 0 radical (unpaired) electrons. The molecule has 0 bridgehead atoms. The molecule has 2 heterocycles. The summed E-state index contributed by atoms with van der Waals surface area (Å²) in [7, 11) is 1.61. The molecule has 42 heavy (non-hydrogen) atoms. The van der Waals surface area contributed by atoms with Gasteiger partial charge in [0.15, 0.2) is 0 Å². The summed E-state index contributed by atoms with van der Waals surface area (Å²) in [4.78, 5) is 49.6. The molecule has 1 fully saturated rings. The molecule has 7 heteroatoms. The van der Waals surface area contributed by atoms with Gasteiger partial charge in [0.2, 0.25) is 17.7 Å². The van der Waals surface area contributed by atoms with Crippen molar-refractivity contribution in [3.05, 3.63) is 90.1 Å². The first-order chi connectivity index (χ1) is 20.2. The molecule has 1 aliphatic heterocycles. The molecule has 3 amide bonds. The van der Waals surface area contributed by atoms with Crippen LogP contribution >= 0.6 is 0 Å². The van der Waals surface area contributed by atoms with Gasteiger partial charge in [-0.3, -0.25) is 19.4 Å². The number of benzene rings is 3. The molecule has 1 aliphatic rings. The zero-order valence-corrected chi connectivity index (χ0v) is 24.9. The van der Waals surface area contributed by atoms with Gasteiger partial charge in [0.1, 0.15) is 12.1 Å². The maximum atomic E-state index is 14.4. The first kappa shape index (κ1) is 29.2. The van der Waals surface area contributed by atoms with Crippen molar-refractivity contribution in [1.29, 1.82) is 0 Å². The van der Waals surface area contributed by atoms with Gasteiger partial charge in [-0.1, -0.05) is 68.4 Å². The second-order valence-corrected chi connectivity index (χ2v) is 11.8. The Labute approximate surface area is 247 Å². The zero-order valence-electron chi connectivity index (χ0n) is 24.9. The Morgan fingerprint density at radius 3 is 2.43 bits per heavy atom. The number of nitrogens with one attached hydrogen (secondary N) is 1. The van der Waals surface area contributed by atoms with Crippen molar-refractivity contribution in [2.24, 2.45) is 5.92 Å². The molecule has 1 unspecified atom stereocenters. The minimum Gasteiger partial charge on any atom is -0.357 e. The number of carbonyl (C=O) groups excluding carboxylic acids is 3. The lowest BCUT2D eigenvalue weighted by atomic mass is 9.97. The van der Waals surface area contributed by atoms with E-state index in [1.807, 2.05) is 55.5 Å². The minimum absolute atomic E-state index is 0.0717. The molecule has 4 aromatic rings. The van der Waals surface area contributed by atoms with Crippen LogP contribution in [0, 0.1) is 5.92 Å². The molecule has 1 aromatic heterocycles. The van der Waals surface area contributed by atoms with Gasteiger partial charge >= 0.3 is 0 Å². The number of aromatic nitrogens is 1. The van der Waals surface area contributed by atoms with Crippen molar-refractivity contribution >= 4 is 39.4 Å². The quantitative estimate of drug-likeness (QED) is 0.321. The fourth-order valence-electron chi connectivity index (χ4n) is 6.18. The summed E-state index contributed by atoms with van der Waals surface area (Å²) in [5, 5.41) is 6.00. The largest absolute Gasteiger partial charge is 0.357 e. The number of amides is 3. The summed E-state index contributed by atoms with van der Waals surface area (Å²) in [6.45, 7) is 6.56. The highest BCUT2D eigenvalue weighted by Crippen LogP contribution is 2.27. The predicted molar refractivity (Wildman–Crippen MR) is 167 cm³/mol. The Kier molecular flexibility index (Phi) is 8.86. The van der Waals surface area contributed by atoms with E-state index in [1.165, 1.54) is 0 Å². The molecule has 218 valence electrons. The number of fused-ring (bicyclic) bond motifs is 2. The van der Waals surface area contributed by atoms with Crippen molar-refractivity contribution in [3.63, 3.8) is 0 Å². The molecule has 7 nitrogen and oxygen atoms in total. The van der Waals surface area contributed by atoms with E-state index in [2.05, 4.69) is 48.4 Å². The lowest BCUT2D eigenvalue weighted by Gasteiger charge is -2.36. The van der Waals surface area contributed by atoms with Gasteiger partial charge < -0.3 is 15.1 Å². The van der Waals surface area contributed by atoms with Crippen LogP contribution in [0.3, 0.4) is 0 Å². The van der Waals surface area contributed by atoms with Gasteiger partial charge in [-0.15, -0.1) is 0 Å². The maximum absolute atomic E-state index is 14.4. The van der Waals surface area contributed by atoms with E-state index >= 15 is 0 Å². The molecule has 0 spiro atoms. The van der Waals surface area contributed by atoms with E-state index in [0.717, 1.165) is 32.8 Å². The molecule has 0 aliphatic carbocycles. The Morgan fingerprint density at radius 1 is 0.952 bits per heavy atom. The number of pyridine rings is 1. The van der Waals surface area contributed by atoms with E-state index < -0.39 is 12.1 Å². The van der Waals surface area contributed by atoms with E-state index in [9.17, 15) is 14.4 Å². The van der Waals surface area contributed by atoms with Crippen LogP contribution in [-0.2, 0) is 27.2 Å². The van der Waals surface area contributed by atoms with Crippen molar-refractivity contribution in [3.8, 4) is 0 Å². The smallest absolute Gasteiger partial charge is 0.246 e. The fourth-order valence-corrected chi connectivity index (χ4v) is 6.18. The van der Waals surface area contributed by atoms with Crippen molar-refractivity contribution in [1.82, 2.24) is 20.1 Å². The molecule has 5 rings (SSSR count). The number of nitrogens with zero attached hydrogens (tertiary/aromatic N) is 3. The van der Waals surface area contributed by atoms with Crippen molar-refractivity contribution < 1.29 is 14.4 Å². The predicted octanol–water partition coefficient (Wildman–Crippen LogP) is 5.15. The summed E-state index contributed by atoms with van der Waals surface area (Å²) < 4.78 is 0. The third-order valence-electron chi connectivity index (χ3n) is 8.34. The number of carbonyl (C=O) groups is 3. The molecule has 0 saturated carbocycles. The average Bonchev–Trinajstić information content (AvgIpc) is 3.10. The molecule has 3 atom stereocenters. The van der Waals surface area contributed by atoms with Crippen LogP contribution < -0.4 is 5.32 Å². The van der Waals surface area contributed by atoms with E-state index in [4.69, 9.17) is 0 Å². The van der Waals surface area contributed by atoms with Crippen molar-refractivity contribution in [2.45, 2.75) is 64.6 Å². The Morgan fingerprint density at radius 2 is 1.67 bits per heavy atom. The van der Waals surface area contributed by atoms with Crippen LogP contribution in [0.25, 0.3) is 21.7 Å². The zero-order chi connectivity index (χ0) is 29.8. The molecular formula is C35H40N4O3.